The number of nitrogens with one attached hydrogen (secondary N) is 1. The first-order valence-electron chi connectivity index (χ1n) is 8.52. The van der Waals surface area contributed by atoms with Gasteiger partial charge in [0.1, 0.15) is 6.04 Å². The van der Waals surface area contributed by atoms with Gasteiger partial charge in [0, 0.05) is 23.4 Å². The molecule has 1 fully saturated rings. The van der Waals surface area contributed by atoms with Crippen molar-refractivity contribution >= 4 is 11.8 Å². The monoisotopic (exact) mass is 337 g/mol. The smallest absolute Gasteiger partial charge is 0.323 e. The van der Waals surface area contributed by atoms with E-state index in [4.69, 9.17) is 4.74 Å². The summed E-state index contributed by atoms with van der Waals surface area (Å²) in [5, 5.41) is 3.27. The van der Waals surface area contributed by atoms with Crippen LogP contribution in [-0.2, 0) is 9.53 Å². The van der Waals surface area contributed by atoms with E-state index in [1.54, 1.807) is 0 Å². The Kier molecular flexibility index (Phi) is 5.00. The summed E-state index contributed by atoms with van der Waals surface area (Å²) in [6.45, 7) is 3.95. The predicted octanol–water partition coefficient (Wildman–Crippen LogP) is 3.11. The minimum Gasteiger partial charge on any atom is -0.468 e. The second kappa shape index (κ2) is 7.19. The van der Waals surface area contributed by atoms with Crippen LogP contribution in [0.5, 0.6) is 0 Å². The summed E-state index contributed by atoms with van der Waals surface area (Å²) in [4.78, 5) is 25.5. The first-order valence-corrected chi connectivity index (χ1v) is 8.52. The molecule has 1 N–H and O–H groups in total. The van der Waals surface area contributed by atoms with Crippen LogP contribution in [0.2, 0.25) is 0 Å². The van der Waals surface area contributed by atoms with Gasteiger partial charge >= 0.3 is 5.97 Å². The highest BCUT2D eigenvalue weighted by Crippen LogP contribution is 2.39. The van der Waals surface area contributed by atoms with Gasteiger partial charge in [0.05, 0.1) is 7.11 Å². The largest absolute Gasteiger partial charge is 0.468 e. The first-order chi connectivity index (χ1) is 12.0. The zero-order valence-corrected chi connectivity index (χ0v) is 14.7. The van der Waals surface area contributed by atoms with E-state index in [9.17, 15) is 9.59 Å². The van der Waals surface area contributed by atoms with E-state index in [-0.39, 0.29) is 29.6 Å². The molecule has 2 aromatic rings. The summed E-state index contributed by atoms with van der Waals surface area (Å²) < 4.78 is 4.97. The SMILES string of the molecule is COC(=O)[C@H]1N[C@@H](C)[C@@H](C(=O)c2ccc(C)cc2)[C@@H]1c1ccccc1. The van der Waals surface area contributed by atoms with Gasteiger partial charge in [0.2, 0.25) is 0 Å². The molecule has 0 radical (unpaired) electrons. The summed E-state index contributed by atoms with van der Waals surface area (Å²) in [7, 11) is 1.38. The maximum atomic E-state index is 13.2. The quantitative estimate of drug-likeness (QED) is 0.688. The van der Waals surface area contributed by atoms with E-state index in [2.05, 4.69) is 5.32 Å². The van der Waals surface area contributed by atoms with Crippen LogP contribution < -0.4 is 5.32 Å². The number of hydrogen-bond donors (Lipinski definition) is 1. The number of esters is 1. The van der Waals surface area contributed by atoms with Gasteiger partial charge in [0.25, 0.3) is 0 Å². The molecule has 4 nitrogen and oxygen atoms in total. The van der Waals surface area contributed by atoms with Crippen LogP contribution in [0.3, 0.4) is 0 Å². The number of ketones is 1. The average molecular weight is 337 g/mol. The van der Waals surface area contributed by atoms with E-state index in [0.29, 0.717) is 5.56 Å². The van der Waals surface area contributed by atoms with Crippen LogP contribution in [0, 0.1) is 12.8 Å². The molecule has 1 saturated heterocycles. The Balaban J connectivity index is 2.01. The minimum absolute atomic E-state index is 0.0558. The number of ether oxygens (including phenoxy) is 1. The van der Waals surface area contributed by atoms with Crippen LogP contribution in [0.1, 0.15) is 34.3 Å². The van der Waals surface area contributed by atoms with Crippen LogP contribution in [0.4, 0.5) is 0 Å². The second-order valence-corrected chi connectivity index (χ2v) is 6.65. The lowest BCUT2D eigenvalue weighted by Crippen LogP contribution is -2.37. The lowest BCUT2D eigenvalue weighted by Gasteiger charge is -2.23. The van der Waals surface area contributed by atoms with E-state index < -0.39 is 6.04 Å². The fourth-order valence-corrected chi connectivity index (χ4v) is 3.73. The highest BCUT2D eigenvalue weighted by atomic mass is 16.5. The number of carbonyl (C=O) groups is 2. The van der Waals surface area contributed by atoms with E-state index >= 15 is 0 Å². The van der Waals surface area contributed by atoms with Gasteiger partial charge in [-0.15, -0.1) is 0 Å². The van der Waals surface area contributed by atoms with Crippen molar-refractivity contribution in [3.05, 3.63) is 71.3 Å². The molecule has 130 valence electrons. The van der Waals surface area contributed by atoms with Gasteiger partial charge in [-0.25, -0.2) is 0 Å². The van der Waals surface area contributed by atoms with Crippen LogP contribution in [0.25, 0.3) is 0 Å². The van der Waals surface area contributed by atoms with Gasteiger partial charge in [-0.1, -0.05) is 60.2 Å². The Morgan fingerprint density at radius 2 is 1.64 bits per heavy atom. The lowest BCUT2D eigenvalue weighted by atomic mass is 9.78. The molecule has 4 heteroatoms. The number of methoxy groups -OCH3 is 1. The van der Waals surface area contributed by atoms with Gasteiger partial charge in [0.15, 0.2) is 5.78 Å². The van der Waals surface area contributed by atoms with Crippen LogP contribution in [0.15, 0.2) is 54.6 Å². The molecule has 2 aromatic carbocycles. The Morgan fingerprint density at radius 1 is 1.00 bits per heavy atom. The predicted molar refractivity (Wildman–Crippen MR) is 96.6 cm³/mol. The standard InChI is InChI=1S/C21H23NO3/c1-13-9-11-16(12-10-13)20(23)17-14(2)22-19(21(24)25-3)18(17)15-7-5-4-6-8-15/h4-12,14,17-19,22H,1-3H3/t14-,17+,18-,19-/m0/s1. The Bertz CT molecular complexity index is 754. The highest BCUT2D eigenvalue weighted by molar-refractivity contribution is 6.00. The maximum absolute atomic E-state index is 13.2. The minimum atomic E-state index is -0.526. The van der Waals surface area contributed by atoms with Crippen LogP contribution >= 0.6 is 0 Å². The lowest BCUT2D eigenvalue weighted by molar-refractivity contribution is -0.143. The molecule has 0 spiro atoms. The third-order valence-corrected chi connectivity index (χ3v) is 5.01. The molecule has 0 aromatic heterocycles. The Labute approximate surface area is 148 Å². The molecule has 3 rings (SSSR count). The number of Topliss-reactive ketones (excluding diaryl/α,β-unsaturated/α-hetero) is 1. The highest BCUT2D eigenvalue weighted by Gasteiger charge is 2.48. The van der Waals surface area contributed by atoms with Gasteiger partial charge in [-0.3, -0.25) is 9.59 Å². The fraction of sp³-hybridized carbons (Fsp3) is 0.333. The van der Waals surface area contributed by atoms with Crippen molar-refractivity contribution in [1.29, 1.82) is 0 Å². The summed E-state index contributed by atoms with van der Waals surface area (Å²) in [6.07, 6.45) is 0. The summed E-state index contributed by atoms with van der Waals surface area (Å²) in [6, 6.07) is 16.7. The van der Waals surface area contributed by atoms with Crippen molar-refractivity contribution in [3.8, 4) is 0 Å². The van der Waals surface area contributed by atoms with Crippen LogP contribution in [-0.4, -0.2) is 30.9 Å². The van der Waals surface area contributed by atoms with Crippen molar-refractivity contribution in [2.45, 2.75) is 31.8 Å². The molecule has 0 saturated carbocycles. The zero-order valence-electron chi connectivity index (χ0n) is 14.7. The molecule has 0 aliphatic carbocycles. The number of aryl methyl sites for hydroxylation is 1. The van der Waals surface area contributed by atoms with Crippen molar-refractivity contribution < 1.29 is 14.3 Å². The number of rotatable bonds is 4. The second-order valence-electron chi connectivity index (χ2n) is 6.65. The van der Waals surface area contributed by atoms with Gasteiger partial charge in [-0.05, 0) is 19.4 Å². The third-order valence-electron chi connectivity index (χ3n) is 5.01. The number of benzene rings is 2. The molecule has 1 aliphatic rings. The van der Waals surface area contributed by atoms with Gasteiger partial charge in [-0.2, -0.15) is 0 Å². The summed E-state index contributed by atoms with van der Waals surface area (Å²) in [5.41, 5.74) is 2.76. The molecule has 1 aliphatic heterocycles. The van der Waals surface area contributed by atoms with E-state index in [0.717, 1.165) is 11.1 Å². The van der Waals surface area contributed by atoms with Crippen molar-refractivity contribution in [1.82, 2.24) is 5.32 Å². The molecule has 0 bridgehead atoms. The normalized spacial score (nSPS) is 25.6. The first kappa shape index (κ1) is 17.4. The number of carbonyl (C=O) groups excluding carboxylic acids is 2. The summed E-state index contributed by atoms with van der Waals surface area (Å²) >= 11 is 0. The summed E-state index contributed by atoms with van der Waals surface area (Å²) in [5.74, 6) is -0.855. The topological polar surface area (TPSA) is 55.4 Å². The zero-order chi connectivity index (χ0) is 18.0. The van der Waals surface area contributed by atoms with E-state index in [1.165, 1.54) is 7.11 Å². The number of hydrogen-bond acceptors (Lipinski definition) is 4. The average Bonchev–Trinajstić information content (AvgIpc) is 2.99. The molecule has 4 atom stereocenters. The van der Waals surface area contributed by atoms with Crippen molar-refractivity contribution in [2.75, 3.05) is 7.11 Å². The fourth-order valence-electron chi connectivity index (χ4n) is 3.73. The van der Waals surface area contributed by atoms with Crippen molar-refractivity contribution in [2.24, 2.45) is 5.92 Å². The molecular weight excluding hydrogens is 314 g/mol. The molecular formula is C21H23NO3. The van der Waals surface area contributed by atoms with Gasteiger partial charge < -0.3 is 10.1 Å². The van der Waals surface area contributed by atoms with E-state index in [1.807, 2.05) is 68.4 Å². The Hall–Kier alpha value is -2.46. The third kappa shape index (κ3) is 3.35. The molecule has 1 heterocycles. The molecule has 0 amide bonds. The molecule has 0 unspecified atom stereocenters. The van der Waals surface area contributed by atoms with Crippen molar-refractivity contribution in [3.63, 3.8) is 0 Å². The Morgan fingerprint density at radius 3 is 2.24 bits per heavy atom. The maximum Gasteiger partial charge on any atom is 0.323 e. The molecule has 25 heavy (non-hydrogen) atoms.